The van der Waals surface area contributed by atoms with E-state index < -0.39 is 0 Å². The Labute approximate surface area is 98.4 Å². The molecule has 90 valence electrons. The molecule has 0 aromatic heterocycles. The second-order valence-corrected chi connectivity index (χ2v) is 4.23. The zero-order valence-corrected chi connectivity index (χ0v) is 10.2. The van der Waals surface area contributed by atoms with E-state index in [2.05, 4.69) is 19.1 Å². The van der Waals surface area contributed by atoms with E-state index in [0.29, 0.717) is 13.0 Å². The molecule has 0 spiro atoms. The lowest BCUT2D eigenvalue weighted by Gasteiger charge is -2.04. The van der Waals surface area contributed by atoms with Gasteiger partial charge in [0.2, 0.25) is 0 Å². The molecule has 1 rings (SSSR count). The van der Waals surface area contributed by atoms with Crippen LogP contribution < -0.4 is 0 Å². The minimum Gasteiger partial charge on any atom is -0.465 e. The van der Waals surface area contributed by atoms with Gasteiger partial charge < -0.3 is 4.74 Å². The third kappa shape index (κ3) is 5.74. The fourth-order valence-corrected chi connectivity index (χ4v) is 1.75. The predicted molar refractivity (Wildman–Crippen MR) is 66.2 cm³/mol. The monoisotopic (exact) mass is 222 g/mol. The highest BCUT2D eigenvalue weighted by Crippen LogP contribution is 2.13. The molecule has 16 heavy (non-hydrogen) atoms. The molecule has 0 aliphatic heterocycles. The zero-order valence-electron chi connectivity index (χ0n) is 10.2. The van der Waals surface area contributed by atoms with Crippen molar-refractivity contribution in [1.29, 1.82) is 0 Å². The van der Waals surface area contributed by atoms with Crippen LogP contribution in [0.25, 0.3) is 0 Å². The van der Waals surface area contributed by atoms with Crippen molar-refractivity contribution in [2.24, 2.45) is 0 Å². The summed E-state index contributed by atoms with van der Waals surface area (Å²) in [7, 11) is 0. The van der Waals surface area contributed by atoms with Gasteiger partial charge in [-0.15, -0.1) is 0 Å². The molecule has 0 fully saturated rings. The molecule has 1 aliphatic carbocycles. The number of unbranched alkanes of at least 4 members (excludes halogenated alkanes) is 4. The SMILES string of the molecule is CCCCCCCOC(=O)CC1=CCC=C1. The first-order valence-corrected chi connectivity index (χ1v) is 6.34. The summed E-state index contributed by atoms with van der Waals surface area (Å²) in [4.78, 5) is 11.4. The van der Waals surface area contributed by atoms with E-state index in [4.69, 9.17) is 4.74 Å². The summed E-state index contributed by atoms with van der Waals surface area (Å²) in [5.74, 6) is -0.0895. The Morgan fingerprint density at radius 2 is 2.12 bits per heavy atom. The highest BCUT2D eigenvalue weighted by Gasteiger charge is 2.06. The molecule has 2 heteroatoms. The largest absolute Gasteiger partial charge is 0.465 e. The lowest BCUT2D eigenvalue weighted by Crippen LogP contribution is -2.06. The molecule has 0 atom stereocenters. The van der Waals surface area contributed by atoms with Crippen LogP contribution in [-0.4, -0.2) is 12.6 Å². The van der Waals surface area contributed by atoms with Crippen molar-refractivity contribution < 1.29 is 9.53 Å². The topological polar surface area (TPSA) is 26.3 Å². The fourth-order valence-electron chi connectivity index (χ4n) is 1.75. The molecule has 0 bridgehead atoms. The Balaban J connectivity index is 1.96. The van der Waals surface area contributed by atoms with Crippen LogP contribution in [0.5, 0.6) is 0 Å². The molecule has 0 aromatic carbocycles. The van der Waals surface area contributed by atoms with Crippen LogP contribution >= 0.6 is 0 Å². The van der Waals surface area contributed by atoms with Crippen LogP contribution in [0.1, 0.15) is 51.9 Å². The number of carbonyl (C=O) groups excluding carboxylic acids is 1. The number of allylic oxidation sites excluding steroid dienone is 3. The summed E-state index contributed by atoms with van der Waals surface area (Å²) in [6.07, 6.45) is 13.5. The van der Waals surface area contributed by atoms with E-state index in [-0.39, 0.29) is 5.97 Å². The summed E-state index contributed by atoms with van der Waals surface area (Å²) >= 11 is 0. The summed E-state index contributed by atoms with van der Waals surface area (Å²) < 4.78 is 5.17. The third-order valence-electron chi connectivity index (χ3n) is 2.71. The van der Waals surface area contributed by atoms with Crippen molar-refractivity contribution in [1.82, 2.24) is 0 Å². The number of carbonyl (C=O) groups is 1. The summed E-state index contributed by atoms with van der Waals surface area (Å²) in [6, 6.07) is 0. The quantitative estimate of drug-likeness (QED) is 0.461. The molecule has 0 saturated carbocycles. The van der Waals surface area contributed by atoms with Crippen molar-refractivity contribution >= 4 is 5.97 Å². The van der Waals surface area contributed by atoms with E-state index in [1.165, 1.54) is 25.7 Å². The Kier molecular flexibility index (Phi) is 6.62. The molecular formula is C14H22O2. The molecule has 0 saturated heterocycles. The second kappa shape index (κ2) is 8.14. The van der Waals surface area contributed by atoms with Crippen molar-refractivity contribution in [2.45, 2.75) is 51.9 Å². The lowest BCUT2D eigenvalue weighted by molar-refractivity contribution is -0.142. The van der Waals surface area contributed by atoms with Gasteiger partial charge in [0.05, 0.1) is 13.0 Å². The maximum Gasteiger partial charge on any atom is 0.310 e. The highest BCUT2D eigenvalue weighted by atomic mass is 16.5. The van der Waals surface area contributed by atoms with E-state index >= 15 is 0 Å². The van der Waals surface area contributed by atoms with Crippen LogP contribution in [0, 0.1) is 0 Å². The van der Waals surface area contributed by atoms with Gasteiger partial charge in [-0.25, -0.2) is 0 Å². The van der Waals surface area contributed by atoms with E-state index in [1.807, 2.05) is 6.08 Å². The average molecular weight is 222 g/mol. The minimum absolute atomic E-state index is 0.0895. The summed E-state index contributed by atoms with van der Waals surface area (Å²) in [5.41, 5.74) is 1.09. The van der Waals surface area contributed by atoms with Gasteiger partial charge in [0.25, 0.3) is 0 Å². The van der Waals surface area contributed by atoms with E-state index in [1.54, 1.807) is 0 Å². The number of hydrogen-bond acceptors (Lipinski definition) is 2. The molecule has 1 aliphatic rings. The molecule has 0 radical (unpaired) electrons. The molecule has 0 N–H and O–H groups in total. The first-order valence-electron chi connectivity index (χ1n) is 6.34. The van der Waals surface area contributed by atoms with Gasteiger partial charge in [-0.2, -0.15) is 0 Å². The highest BCUT2D eigenvalue weighted by molar-refractivity contribution is 5.73. The van der Waals surface area contributed by atoms with Gasteiger partial charge in [0.15, 0.2) is 0 Å². The normalized spacial score (nSPS) is 13.9. The first-order chi connectivity index (χ1) is 7.83. The Morgan fingerprint density at radius 1 is 1.31 bits per heavy atom. The standard InChI is InChI=1S/C14H22O2/c1-2-3-4-5-8-11-16-14(15)12-13-9-6-7-10-13/h6,9-10H,2-5,7-8,11-12H2,1H3. The van der Waals surface area contributed by atoms with Gasteiger partial charge >= 0.3 is 5.97 Å². The van der Waals surface area contributed by atoms with Gasteiger partial charge in [0, 0.05) is 0 Å². The van der Waals surface area contributed by atoms with Crippen molar-refractivity contribution in [3.05, 3.63) is 23.8 Å². The number of ether oxygens (including phenoxy) is 1. The predicted octanol–water partition coefficient (Wildman–Crippen LogP) is 3.78. The molecule has 0 amide bonds. The van der Waals surface area contributed by atoms with Crippen molar-refractivity contribution in [3.63, 3.8) is 0 Å². The van der Waals surface area contributed by atoms with Crippen LogP contribution in [0.15, 0.2) is 23.8 Å². The molecule has 0 heterocycles. The number of esters is 1. The molecule has 2 nitrogen and oxygen atoms in total. The Bertz CT molecular complexity index is 264. The summed E-state index contributed by atoms with van der Waals surface area (Å²) in [5, 5.41) is 0. The van der Waals surface area contributed by atoms with Gasteiger partial charge in [0.1, 0.15) is 0 Å². The smallest absolute Gasteiger partial charge is 0.310 e. The van der Waals surface area contributed by atoms with Crippen LogP contribution in [-0.2, 0) is 9.53 Å². The Hall–Kier alpha value is -1.05. The van der Waals surface area contributed by atoms with E-state index in [9.17, 15) is 4.79 Å². The van der Waals surface area contributed by atoms with Gasteiger partial charge in [-0.05, 0) is 18.4 Å². The zero-order chi connectivity index (χ0) is 11.6. The molecular weight excluding hydrogens is 200 g/mol. The van der Waals surface area contributed by atoms with Crippen LogP contribution in [0.2, 0.25) is 0 Å². The third-order valence-corrected chi connectivity index (χ3v) is 2.71. The second-order valence-electron chi connectivity index (χ2n) is 4.23. The van der Waals surface area contributed by atoms with Crippen LogP contribution in [0.3, 0.4) is 0 Å². The maximum atomic E-state index is 11.4. The molecule has 0 unspecified atom stereocenters. The Morgan fingerprint density at radius 3 is 2.81 bits per heavy atom. The van der Waals surface area contributed by atoms with Crippen molar-refractivity contribution in [3.8, 4) is 0 Å². The molecule has 0 aromatic rings. The van der Waals surface area contributed by atoms with Gasteiger partial charge in [-0.1, -0.05) is 50.8 Å². The van der Waals surface area contributed by atoms with Crippen molar-refractivity contribution in [2.75, 3.05) is 6.61 Å². The van der Waals surface area contributed by atoms with Crippen LogP contribution in [0.4, 0.5) is 0 Å². The minimum atomic E-state index is -0.0895. The average Bonchev–Trinajstić information content (AvgIpc) is 2.76. The number of rotatable bonds is 8. The van der Waals surface area contributed by atoms with Gasteiger partial charge in [-0.3, -0.25) is 4.79 Å². The lowest BCUT2D eigenvalue weighted by atomic mass is 10.2. The maximum absolute atomic E-state index is 11.4. The number of hydrogen-bond donors (Lipinski definition) is 0. The first kappa shape index (κ1) is 13.0. The van der Waals surface area contributed by atoms with E-state index in [0.717, 1.165) is 18.4 Å². The summed E-state index contributed by atoms with van der Waals surface area (Å²) in [6.45, 7) is 2.78. The fraction of sp³-hybridized carbons (Fsp3) is 0.643.